The Balaban J connectivity index is 2.41. The molecule has 0 saturated carbocycles. The van der Waals surface area contributed by atoms with Crippen molar-refractivity contribution in [3.63, 3.8) is 0 Å². The molecule has 0 unspecified atom stereocenters. The molecule has 1 amide bonds. The zero-order chi connectivity index (χ0) is 14.7. The van der Waals surface area contributed by atoms with Crippen molar-refractivity contribution < 1.29 is 14.3 Å². The van der Waals surface area contributed by atoms with E-state index < -0.39 is 5.97 Å². The summed E-state index contributed by atoms with van der Waals surface area (Å²) in [6, 6.07) is 8.70. The van der Waals surface area contributed by atoms with E-state index in [1.165, 1.54) is 25.1 Å². The molecule has 0 atom stereocenters. The Morgan fingerprint density at radius 2 is 2.05 bits per heavy atom. The average molecular weight is 293 g/mol. The van der Waals surface area contributed by atoms with Gasteiger partial charge in [0.1, 0.15) is 11.7 Å². The van der Waals surface area contributed by atoms with Crippen molar-refractivity contribution in [2.24, 2.45) is 0 Å². The second-order valence-corrected chi connectivity index (χ2v) is 4.63. The lowest BCUT2D eigenvalue weighted by atomic mass is 10.1. The monoisotopic (exact) mass is 292 g/mol. The van der Waals surface area contributed by atoms with Gasteiger partial charge in [-0.05, 0) is 12.1 Å². The normalized spacial score (nSPS) is 10.3. The highest BCUT2D eigenvalue weighted by atomic mass is 35.5. The standard InChI is InChI=1S/C14H13ClN2O3/c1-17(8-13(18)20-2)14(19)10-7-12(15)16-11-6-4-3-5-9(10)11/h3-7H,8H2,1-2H3. The number of methoxy groups -OCH3 is 1. The summed E-state index contributed by atoms with van der Waals surface area (Å²) < 4.78 is 4.55. The fourth-order valence-corrected chi connectivity index (χ4v) is 2.06. The lowest BCUT2D eigenvalue weighted by molar-refractivity contribution is -0.141. The maximum absolute atomic E-state index is 12.4. The topological polar surface area (TPSA) is 59.5 Å². The molecule has 5 nitrogen and oxygen atoms in total. The molecule has 0 saturated heterocycles. The van der Waals surface area contributed by atoms with Crippen molar-refractivity contribution >= 4 is 34.4 Å². The first-order valence-corrected chi connectivity index (χ1v) is 6.28. The number of carbonyl (C=O) groups is 2. The van der Waals surface area contributed by atoms with Crippen LogP contribution in [0.5, 0.6) is 0 Å². The van der Waals surface area contributed by atoms with Crippen LogP contribution in [0.4, 0.5) is 0 Å². The number of ether oxygens (including phenoxy) is 1. The minimum absolute atomic E-state index is 0.121. The van der Waals surface area contributed by atoms with Gasteiger partial charge in [-0.25, -0.2) is 4.98 Å². The van der Waals surface area contributed by atoms with E-state index in [0.29, 0.717) is 16.5 Å². The molecule has 104 valence electrons. The Hall–Kier alpha value is -2.14. The number of fused-ring (bicyclic) bond motifs is 1. The Kier molecular flexibility index (Phi) is 4.20. The van der Waals surface area contributed by atoms with E-state index in [1.807, 2.05) is 12.1 Å². The Labute approximate surface area is 121 Å². The first-order valence-electron chi connectivity index (χ1n) is 5.90. The van der Waals surface area contributed by atoms with Crippen molar-refractivity contribution in [3.05, 3.63) is 41.0 Å². The van der Waals surface area contributed by atoms with Crippen molar-refractivity contribution in [1.29, 1.82) is 0 Å². The average Bonchev–Trinajstić information content (AvgIpc) is 2.45. The molecule has 0 radical (unpaired) electrons. The van der Waals surface area contributed by atoms with E-state index in [1.54, 1.807) is 12.1 Å². The summed E-state index contributed by atoms with van der Waals surface area (Å²) in [7, 11) is 2.81. The summed E-state index contributed by atoms with van der Waals surface area (Å²) in [5.74, 6) is -0.791. The van der Waals surface area contributed by atoms with Crippen LogP contribution in [-0.2, 0) is 9.53 Å². The smallest absolute Gasteiger partial charge is 0.325 e. The summed E-state index contributed by atoms with van der Waals surface area (Å²) in [4.78, 5) is 29.1. The van der Waals surface area contributed by atoms with Gasteiger partial charge in [0.15, 0.2) is 0 Å². The summed E-state index contributed by atoms with van der Waals surface area (Å²) in [6.45, 7) is -0.121. The third-order valence-electron chi connectivity index (χ3n) is 2.86. The van der Waals surface area contributed by atoms with Crippen molar-refractivity contribution in [3.8, 4) is 0 Å². The maximum atomic E-state index is 12.4. The number of hydrogen-bond acceptors (Lipinski definition) is 4. The fourth-order valence-electron chi connectivity index (χ4n) is 1.86. The molecule has 6 heteroatoms. The van der Waals surface area contributed by atoms with E-state index in [-0.39, 0.29) is 17.6 Å². The third kappa shape index (κ3) is 2.88. The summed E-state index contributed by atoms with van der Waals surface area (Å²) in [5.41, 5.74) is 1.04. The van der Waals surface area contributed by atoms with Crippen molar-refractivity contribution in [2.45, 2.75) is 0 Å². The van der Waals surface area contributed by atoms with Crippen LogP contribution >= 0.6 is 11.6 Å². The van der Waals surface area contributed by atoms with Gasteiger partial charge in [0.05, 0.1) is 18.2 Å². The predicted octanol–water partition coefficient (Wildman–Crippen LogP) is 2.13. The summed E-state index contributed by atoms with van der Waals surface area (Å²) in [6.07, 6.45) is 0. The number of pyridine rings is 1. The number of carbonyl (C=O) groups excluding carboxylic acids is 2. The van der Waals surface area contributed by atoms with Crippen LogP contribution in [0.25, 0.3) is 10.9 Å². The van der Waals surface area contributed by atoms with Crippen LogP contribution in [0.15, 0.2) is 30.3 Å². The molecular weight excluding hydrogens is 280 g/mol. The molecule has 0 aliphatic heterocycles. The number of rotatable bonds is 3. The number of aromatic nitrogens is 1. The van der Waals surface area contributed by atoms with Crippen LogP contribution in [-0.4, -0.2) is 42.5 Å². The van der Waals surface area contributed by atoms with E-state index >= 15 is 0 Å². The number of benzene rings is 1. The molecule has 0 N–H and O–H groups in total. The van der Waals surface area contributed by atoms with Crippen molar-refractivity contribution in [2.75, 3.05) is 20.7 Å². The fraction of sp³-hybridized carbons (Fsp3) is 0.214. The van der Waals surface area contributed by atoms with E-state index in [4.69, 9.17) is 11.6 Å². The molecule has 0 spiro atoms. The number of halogens is 1. The molecule has 0 fully saturated rings. The molecule has 2 aromatic rings. The van der Waals surface area contributed by atoms with Gasteiger partial charge in [0, 0.05) is 12.4 Å². The number of para-hydroxylation sites is 1. The molecule has 1 aromatic heterocycles. The SMILES string of the molecule is COC(=O)CN(C)C(=O)c1cc(Cl)nc2ccccc12. The van der Waals surface area contributed by atoms with Crippen LogP contribution in [0, 0.1) is 0 Å². The van der Waals surface area contributed by atoms with Crippen LogP contribution in [0.2, 0.25) is 5.15 Å². The van der Waals surface area contributed by atoms with E-state index in [9.17, 15) is 9.59 Å². The second kappa shape index (κ2) is 5.88. The van der Waals surface area contributed by atoms with Gasteiger partial charge in [-0.15, -0.1) is 0 Å². The maximum Gasteiger partial charge on any atom is 0.325 e. The molecule has 0 bridgehead atoms. The second-order valence-electron chi connectivity index (χ2n) is 4.25. The quantitative estimate of drug-likeness (QED) is 0.642. The molecule has 1 aromatic carbocycles. The Bertz CT molecular complexity index is 673. The number of esters is 1. The summed E-state index contributed by atoms with van der Waals surface area (Å²) >= 11 is 5.93. The first kappa shape index (κ1) is 14.3. The summed E-state index contributed by atoms with van der Waals surface area (Å²) in [5, 5.41) is 0.928. The Morgan fingerprint density at radius 3 is 2.75 bits per heavy atom. The minimum Gasteiger partial charge on any atom is -0.468 e. The molecular formula is C14H13ClN2O3. The molecule has 20 heavy (non-hydrogen) atoms. The highest BCUT2D eigenvalue weighted by Crippen LogP contribution is 2.21. The van der Waals surface area contributed by atoms with E-state index in [0.717, 1.165) is 0 Å². The Morgan fingerprint density at radius 1 is 1.35 bits per heavy atom. The highest BCUT2D eigenvalue weighted by molar-refractivity contribution is 6.30. The minimum atomic E-state index is -0.481. The van der Waals surface area contributed by atoms with E-state index in [2.05, 4.69) is 9.72 Å². The van der Waals surface area contributed by atoms with Crippen LogP contribution in [0.3, 0.4) is 0 Å². The predicted molar refractivity (Wildman–Crippen MR) is 75.7 cm³/mol. The molecule has 2 rings (SSSR count). The van der Waals surface area contributed by atoms with Crippen molar-refractivity contribution in [1.82, 2.24) is 9.88 Å². The van der Waals surface area contributed by atoms with Crippen LogP contribution < -0.4 is 0 Å². The largest absolute Gasteiger partial charge is 0.468 e. The highest BCUT2D eigenvalue weighted by Gasteiger charge is 2.18. The number of nitrogens with zero attached hydrogens (tertiary/aromatic N) is 2. The lowest BCUT2D eigenvalue weighted by Crippen LogP contribution is -2.32. The third-order valence-corrected chi connectivity index (χ3v) is 3.05. The number of amides is 1. The molecule has 1 heterocycles. The van der Waals surface area contributed by atoms with Gasteiger partial charge in [-0.3, -0.25) is 9.59 Å². The van der Waals surface area contributed by atoms with Gasteiger partial charge in [0.2, 0.25) is 0 Å². The molecule has 0 aliphatic carbocycles. The molecule has 0 aliphatic rings. The van der Waals surface area contributed by atoms with Gasteiger partial charge < -0.3 is 9.64 Å². The van der Waals surface area contributed by atoms with Gasteiger partial charge >= 0.3 is 5.97 Å². The zero-order valence-corrected chi connectivity index (χ0v) is 11.8. The number of likely N-dealkylation sites (N-methyl/N-ethyl adjacent to an activating group) is 1. The lowest BCUT2D eigenvalue weighted by Gasteiger charge is -2.16. The number of hydrogen-bond donors (Lipinski definition) is 0. The van der Waals surface area contributed by atoms with Crippen LogP contribution in [0.1, 0.15) is 10.4 Å². The zero-order valence-electron chi connectivity index (χ0n) is 11.1. The van der Waals surface area contributed by atoms with Gasteiger partial charge in [-0.2, -0.15) is 0 Å². The van der Waals surface area contributed by atoms with Gasteiger partial charge in [0.25, 0.3) is 5.91 Å². The first-order chi connectivity index (χ1) is 9.52. The van der Waals surface area contributed by atoms with Gasteiger partial charge in [-0.1, -0.05) is 29.8 Å².